The van der Waals surface area contributed by atoms with E-state index in [4.69, 9.17) is 0 Å². The van der Waals surface area contributed by atoms with Gasteiger partial charge in [0.15, 0.2) is 0 Å². The summed E-state index contributed by atoms with van der Waals surface area (Å²) in [4.78, 5) is 4.90. The predicted molar refractivity (Wildman–Crippen MR) is 297 cm³/mol. The van der Waals surface area contributed by atoms with E-state index in [2.05, 4.69) is 256 Å². The lowest BCUT2D eigenvalue weighted by Gasteiger charge is -2.30. The molecule has 0 amide bonds. The Bertz CT molecular complexity index is 3600. The molecule has 0 saturated carbocycles. The van der Waals surface area contributed by atoms with Gasteiger partial charge in [0.1, 0.15) is 0 Å². The molecule has 0 bridgehead atoms. The molecule has 12 rings (SSSR count). The summed E-state index contributed by atoms with van der Waals surface area (Å²) in [5, 5.41) is 5.23. The highest BCUT2D eigenvalue weighted by molar-refractivity contribution is 7.26. The van der Waals surface area contributed by atoms with Crippen LogP contribution < -0.4 is 9.80 Å². The third-order valence-corrected chi connectivity index (χ3v) is 15.9. The topological polar surface area (TPSA) is 6.48 Å². The number of anilines is 6. The van der Waals surface area contributed by atoms with E-state index < -0.39 is 0 Å². The maximum atomic E-state index is 2.45. The van der Waals surface area contributed by atoms with Crippen molar-refractivity contribution < 1.29 is 0 Å². The van der Waals surface area contributed by atoms with Crippen LogP contribution in [0.3, 0.4) is 0 Å². The van der Waals surface area contributed by atoms with Gasteiger partial charge in [0, 0.05) is 85.3 Å². The van der Waals surface area contributed by atoms with Crippen molar-refractivity contribution in [1.82, 2.24) is 0 Å². The largest absolute Gasteiger partial charge is 0.310 e. The van der Waals surface area contributed by atoms with E-state index in [9.17, 15) is 0 Å². The molecule has 10 aromatic carbocycles. The first-order chi connectivity index (χ1) is 33.4. The molecule has 2 heterocycles. The second-order valence-corrected chi connectivity index (χ2v) is 20.0. The summed E-state index contributed by atoms with van der Waals surface area (Å²) in [5.74, 6) is 0. The molecule has 2 nitrogen and oxygen atoms in total. The monoisotopic (exact) mass is 908 g/mol. The third-order valence-electron chi connectivity index (χ3n) is 13.5. The summed E-state index contributed by atoms with van der Waals surface area (Å²) < 4.78 is 5.25. The fourth-order valence-electron chi connectivity index (χ4n) is 10.1. The number of benzene rings is 10. The standard InChI is InChI=1S/C64H48N2S2/c1-41-27-33-47(34-28-41)65(59-23-9-5-15-49(59)53-19-13-21-55-51-17-7-11-25-61(51)67-63(53)55)57-37-31-45(39-43(57)3)46-32-38-58(44(4)40-46)66(48-35-29-42(2)30-36-48)60-24-10-6-16-50(60)54-20-14-22-56-52-18-8-12-26-62(52)68-64(54)56/h5-40H,1-4H3. The second kappa shape index (κ2) is 17.2. The molecule has 0 atom stereocenters. The van der Waals surface area contributed by atoms with Gasteiger partial charge in [0.05, 0.1) is 11.4 Å². The number of fused-ring (bicyclic) bond motifs is 6. The first-order valence-corrected chi connectivity index (χ1v) is 25.0. The van der Waals surface area contributed by atoms with Crippen LogP contribution in [0.4, 0.5) is 34.1 Å². The highest BCUT2D eigenvalue weighted by atomic mass is 32.1. The zero-order valence-corrected chi connectivity index (χ0v) is 40.1. The van der Waals surface area contributed by atoms with Crippen LogP contribution in [0.1, 0.15) is 22.3 Å². The van der Waals surface area contributed by atoms with Crippen LogP contribution in [0.25, 0.3) is 73.7 Å². The number of thiophene rings is 2. The first-order valence-electron chi connectivity index (χ1n) is 23.3. The molecule has 0 N–H and O–H groups in total. The van der Waals surface area contributed by atoms with Gasteiger partial charge < -0.3 is 9.80 Å². The quantitative estimate of drug-likeness (QED) is 0.142. The summed E-state index contributed by atoms with van der Waals surface area (Å²) in [7, 11) is 0. The Hall–Kier alpha value is -7.76. The number of hydrogen-bond donors (Lipinski definition) is 0. The van der Waals surface area contributed by atoms with Crippen molar-refractivity contribution in [3.63, 3.8) is 0 Å². The van der Waals surface area contributed by atoms with Crippen molar-refractivity contribution in [2.75, 3.05) is 9.80 Å². The average Bonchev–Trinajstić information content (AvgIpc) is 3.96. The molecule has 0 saturated heterocycles. The Morgan fingerprint density at radius 2 is 0.662 bits per heavy atom. The van der Waals surface area contributed by atoms with Gasteiger partial charge in [-0.25, -0.2) is 0 Å². The number of nitrogens with zero attached hydrogens (tertiary/aromatic N) is 2. The lowest BCUT2D eigenvalue weighted by Crippen LogP contribution is -2.13. The van der Waals surface area contributed by atoms with E-state index in [1.807, 2.05) is 22.7 Å². The molecular formula is C64H48N2S2. The van der Waals surface area contributed by atoms with Gasteiger partial charge in [0.25, 0.3) is 0 Å². The van der Waals surface area contributed by atoms with Crippen molar-refractivity contribution in [3.8, 4) is 33.4 Å². The SMILES string of the molecule is Cc1ccc(N(c2ccc(-c3ccc(N(c4ccc(C)cc4)c4ccccc4-c4cccc5c4sc4ccccc45)c(C)c3)cc2C)c2ccccc2-c2cccc3c2sc2ccccc23)cc1. The summed E-state index contributed by atoms with van der Waals surface area (Å²) in [6.07, 6.45) is 0. The van der Waals surface area contributed by atoms with Gasteiger partial charge in [-0.15, -0.1) is 22.7 Å². The molecule has 0 aliphatic carbocycles. The molecule has 0 unspecified atom stereocenters. The smallest absolute Gasteiger partial charge is 0.0540 e. The highest BCUT2D eigenvalue weighted by Gasteiger charge is 2.23. The van der Waals surface area contributed by atoms with E-state index in [1.165, 1.54) is 96.0 Å². The number of rotatable bonds is 9. The van der Waals surface area contributed by atoms with Gasteiger partial charge in [0.2, 0.25) is 0 Å². The van der Waals surface area contributed by atoms with Gasteiger partial charge in [-0.1, -0.05) is 157 Å². The van der Waals surface area contributed by atoms with Crippen molar-refractivity contribution in [1.29, 1.82) is 0 Å². The molecule has 0 fully saturated rings. The normalized spacial score (nSPS) is 11.5. The molecule has 0 aliphatic rings. The molecule has 326 valence electrons. The van der Waals surface area contributed by atoms with Gasteiger partial charge in [-0.2, -0.15) is 0 Å². The van der Waals surface area contributed by atoms with E-state index >= 15 is 0 Å². The Morgan fingerprint density at radius 3 is 1.09 bits per heavy atom. The molecule has 68 heavy (non-hydrogen) atoms. The zero-order valence-electron chi connectivity index (χ0n) is 38.5. The van der Waals surface area contributed by atoms with Gasteiger partial charge in [-0.3, -0.25) is 0 Å². The van der Waals surface area contributed by atoms with E-state index in [1.54, 1.807) is 0 Å². The lowest BCUT2D eigenvalue weighted by atomic mass is 9.96. The molecular weight excluding hydrogens is 861 g/mol. The molecule has 12 aromatic rings. The van der Waals surface area contributed by atoms with Crippen LogP contribution in [0, 0.1) is 27.7 Å². The minimum absolute atomic E-state index is 1.13. The Morgan fingerprint density at radius 1 is 0.294 bits per heavy atom. The minimum atomic E-state index is 1.13. The van der Waals surface area contributed by atoms with Crippen molar-refractivity contribution in [2.45, 2.75) is 27.7 Å². The fourth-order valence-corrected chi connectivity index (χ4v) is 12.5. The highest BCUT2D eigenvalue weighted by Crippen LogP contribution is 2.49. The van der Waals surface area contributed by atoms with Crippen LogP contribution in [-0.2, 0) is 0 Å². The average molecular weight is 909 g/mol. The van der Waals surface area contributed by atoms with Crippen LogP contribution in [0.15, 0.2) is 218 Å². The van der Waals surface area contributed by atoms with Crippen LogP contribution in [0.5, 0.6) is 0 Å². The van der Waals surface area contributed by atoms with Crippen molar-refractivity contribution in [2.24, 2.45) is 0 Å². The molecule has 4 heteroatoms. The fraction of sp³-hybridized carbons (Fsp3) is 0.0625. The number of aryl methyl sites for hydroxylation is 4. The summed E-state index contributed by atoms with van der Waals surface area (Å²) >= 11 is 3.76. The second-order valence-electron chi connectivity index (χ2n) is 17.9. The maximum Gasteiger partial charge on any atom is 0.0540 e. The molecule has 0 spiro atoms. The summed E-state index contributed by atoms with van der Waals surface area (Å²) in [6.45, 7) is 8.82. The summed E-state index contributed by atoms with van der Waals surface area (Å²) in [6, 6.07) is 80.7. The molecule has 2 aromatic heterocycles. The molecule has 0 radical (unpaired) electrons. The van der Waals surface area contributed by atoms with E-state index in [-0.39, 0.29) is 0 Å². The van der Waals surface area contributed by atoms with Crippen molar-refractivity contribution >= 4 is 97.1 Å². The number of para-hydroxylation sites is 2. The predicted octanol–water partition coefficient (Wildman–Crippen LogP) is 19.6. The Kier molecular flexibility index (Phi) is 10.5. The van der Waals surface area contributed by atoms with Crippen LogP contribution in [-0.4, -0.2) is 0 Å². The molecule has 0 aliphatic heterocycles. The van der Waals surface area contributed by atoms with E-state index in [0.717, 1.165) is 34.1 Å². The van der Waals surface area contributed by atoms with Crippen molar-refractivity contribution in [3.05, 3.63) is 241 Å². The Labute approximate surface area is 406 Å². The summed E-state index contributed by atoms with van der Waals surface area (Å²) in [5.41, 5.74) is 19.0. The Balaban J connectivity index is 0.953. The van der Waals surface area contributed by atoms with Gasteiger partial charge >= 0.3 is 0 Å². The van der Waals surface area contributed by atoms with Crippen LogP contribution >= 0.6 is 22.7 Å². The third kappa shape index (κ3) is 7.25. The van der Waals surface area contributed by atoms with Gasteiger partial charge in [-0.05, 0) is 123 Å². The lowest BCUT2D eigenvalue weighted by molar-refractivity contribution is 1.24. The minimum Gasteiger partial charge on any atom is -0.310 e. The number of hydrogen-bond acceptors (Lipinski definition) is 4. The first kappa shape index (κ1) is 41.7. The zero-order chi connectivity index (χ0) is 45.9. The maximum absolute atomic E-state index is 2.45. The van der Waals surface area contributed by atoms with E-state index in [0.29, 0.717) is 0 Å². The van der Waals surface area contributed by atoms with Crippen LogP contribution in [0.2, 0.25) is 0 Å².